The van der Waals surface area contributed by atoms with E-state index in [0.29, 0.717) is 6.04 Å². The van der Waals surface area contributed by atoms with Crippen molar-refractivity contribution in [1.29, 1.82) is 0 Å². The van der Waals surface area contributed by atoms with E-state index in [0.717, 1.165) is 24.4 Å². The van der Waals surface area contributed by atoms with Crippen LogP contribution in [0.2, 0.25) is 0 Å². The number of hydrogen-bond acceptors (Lipinski definition) is 3. The summed E-state index contributed by atoms with van der Waals surface area (Å²) in [5.41, 5.74) is 2.36. The molecule has 0 unspecified atom stereocenters. The fourth-order valence-electron chi connectivity index (χ4n) is 2.23. The van der Waals surface area contributed by atoms with Crippen LogP contribution in [0.4, 0.5) is 0 Å². The summed E-state index contributed by atoms with van der Waals surface area (Å²) in [6, 6.07) is 8.81. The van der Waals surface area contributed by atoms with Gasteiger partial charge in [0.2, 0.25) is 0 Å². The minimum absolute atomic E-state index is 0.0968. The van der Waals surface area contributed by atoms with E-state index in [4.69, 9.17) is 4.42 Å². The van der Waals surface area contributed by atoms with Gasteiger partial charge in [-0.05, 0) is 47.7 Å². The number of furan rings is 1. The molecule has 3 nitrogen and oxygen atoms in total. The Morgan fingerprint density at radius 3 is 2.48 bits per heavy atom. The molecule has 0 aliphatic carbocycles. The molecule has 0 fully saturated rings. The Labute approximate surface area is 128 Å². The van der Waals surface area contributed by atoms with Crippen molar-refractivity contribution in [3.63, 3.8) is 0 Å². The largest absolute Gasteiger partial charge is 0.459 e. The number of hydrogen-bond donors (Lipinski definition) is 1. The van der Waals surface area contributed by atoms with Crippen LogP contribution in [-0.2, 0) is 13.1 Å². The first kappa shape index (κ1) is 16.1. The molecule has 3 heteroatoms. The summed E-state index contributed by atoms with van der Waals surface area (Å²) in [5.74, 6) is 1.07. The van der Waals surface area contributed by atoms with Gasteiger partial charge in [-0.15, -0.1) is 0 Å². The molecule has 0 spiro atoms. The lowest BCUT2D eigenvalue weighted by molar-refractivity contribution is 0.244. The zero-order valence-electron chi connectivity index (χ0n) is 14.2. The summed E-state index contributed by atoms with van der Waals surface area (Å²) in [7, 11) is 2.14. The third-order valence-electron chi connectivity index (χ3n) is 3.85. The fraction of sp³-hybridized carbons (Fsp3) is 0.556. The first-order valence-electron chi connectivity index (χ1n) is 7.72. The summed E-state index contributed by atoms with van der Waals surface area (Å²) in [5, 5.41) is 4.80. The molecule has 0 aliphatic heterocycles. The van der Waals surface area contributed by atoms with Gasteiger partial charge >= 0.3 is 0 Å². The zero-order valence-corrected chi connectivity index (χ0v) is 14.2. The zero-order chi connectivity index (χ0) is 15.6. The maximum Gasteiger partial charge on any atom is 0.134 e. The molecule has 21 heavy (non-hydrogen) atoms. The topological polar surface area (TPSA) is 28.4 Å². The standard InChI is InChI=1S/C18H28N2O/c1-13(2)20(6)12-17-15(11-19-18(3,4)5)14-9-7-8-10-16(14)21-17/h7-10,13,19H,11-12H2,1-6H3. The lowest BCUT2D eigenvalue weighted by atomic mass is 10.1. The van der Waals surface area contributed by atoms with E-state index in [1.807, 2.05) is 6.07 Å². The Balaban J connectivity index is 2.34. The number of para-hydroxylation sites is 1. The molecule has 0 saturated carbocycles. The van der Waals surface area contributed by atoms with Crippen molar-refractivity contribution in [2.24, 2.45) is 0 Å². The van der Waals surface area contributed by atoms with Crippen LogP contribution in [-0.4, -0.2) is 23.5 Å². The Morgan fingerprint density at radius 1 is 1.19 bits per heavy atom. The normalized spacial score (nSPS) is 12.8. The van der Waals surface area contributed by atoms with Gasteiger partial charge in [-0.2, -0.15) is 0 Å². The Bertz CT molecular complexity index is 593. The van der Waals surface area contributed by atoms with E-state index in [1.54, 1.807) is 0 Å². The van der Waals surface area contributed by atoms with Gasteiger partial charge in [0.15, 0.2) is 0 Å². The van der Waals surface area contributed by atoms with Crippen LogP contribution in [0.3, 0.4) is 0 Å². The molecule has 1 N–H and O–H groups in total. The predicted octanol–water partition coefficient (Wildman–Crippen LogP) is 4.16. The molecular formula is C18H28N2O. The van der Waals surface area contributed by atoms with E-state index in [-0.39, 0.29) is 5.54 Å². The Kier molecular flexibility index (Phi) is 4.74. The minimum Gasteiger partial charge on any atom is -0.459 e. The maximum atomic E-state index is 6.10. The van der Waals surface area contributed by atoms with Crippen molar-refractivity contribution in [3.8, 4) is 0 Å². The van der Waals surface area contributed by atoms with Gasteiger partial charge in [0.05, 0.1) is 6.54 Å². The van der Waals surface area contributed by atoms with Crippen LogP contribution in [0.25, 0.3) is 11.0 Å². The number of rotatable bonds is 5. The predicted molar refractivity (Wildman–Crippen MR) is 89.4 cm³/mol. The number of nitrogens with one attached hydrogen (secondary N) is 1. The fourth-order valence-corrected chi connectivity index (χ4v) is 2.23. The number of fused-ring (bicyclic) bond motifs is 1. The SMILES string of the molecule is CC(C)N(C)Cc1oc2ccccc2c1CNC(C)(C)C. The Morgan fingerprint density at radius 2 is 1.86 bits per heavy atom. The van der Waals surface area contributed by atoms with Crippen molar-refractivity contribution in [2.75, 3.05) is 7.05 Å². The number of nitrogens with zero attached hydrogens (tertiary/aromatic N) is 1. The highest BCUT2D eigenvalue weighted by Gasteiger charge is 2.18. The molecule has 0 bridgehead atoms. The lowest BCUT2D eigenvalue weighted by Gasteiger charge is -2.22. The maximum absolute atomic E-state index is 6.10. The second-order valence-electron chi connectivity index (χ2n) is 7.11. The molecular weight excluding hydrogens is 260 g/mol. The summed E-state index contributed by atoms with van der Waals surface area (Å²) in [4.78, 5) is 2.30. The van der Waals surface area contributed by atoms with Gasteiger partial charge in [0, 0.05) is 29.1 Å². The van der Waals surface area contributed by atoms with E-state index in [9.17, 15) is 0 Å². The van der Waals surface area contributed by atoms with Gasteiger partial charge < -0.3 is 9.73 Å². The van der Waals surface area contributed by atoms with Gasteiger partial charge in [-0.25, -0.2) is 0 Å². The summed E-state index contributed by atoms with van der Waals surface area (Å²) >= 11 is 0. The lowest BCUT2D eigenvalue weighted by Crippen LogP contribution is -2.35. The minimum atomic E-state index is 0.0968. The second kappa shape index (κ2) is 6.20. The summed E-state index contributed by atoms with van der Waals surface area (Å²) in [6.45, 7) is 12.7. The van der Waals surface area contributed by atoms with Gasteiger partial charge in [-0.1, -0.05) is 18.2 Å². The average molecular weight is 288 g/mol. The van der Waals surface area contributed by atoms with Crippen LogP contribution >= 0.6 is 0 Å². The first-order valence-corrected chi connectivity index (χ1v) is 7.72. The molecule has 0 radical (unpaired) electrons. The molecule has 0 saturated heterocycles. The van der Waals surface area contributed by atoms with Gasteiger partial charge in [0.1, 0.15) is 11.3 Å². The molecule has 1 aromatic carbocycles. The first-order chi connectivity index (χ1) is 9.78. The van der Waals surface area contributed by atoms with Crippen molar-refractivity contribution in [3.05, 3.63) is 35.6 Å². The highest BCUT2D eigenvalue weighted by atomic mass is 16.3. The Hall–Kier alpha value is -1.32. The molecule has 0 aliphatic rings. The molecule has 116 valence electrons. The molecule has 1 aromatic heterocycles. The van der Waals surface area contributed by atoms with Gasteiger partial charge in [0.25, 0.3) is 0 Å². The molecule has 2 rings (SSSR count). The van der Waals surface area contributed by atoms with Crippen LogP contribution in [0, 0.1) is 0 Å². The van der Waals surface area contributed by atoms with Gasteiger partial charge in [-0.3, -0.25) is 4.90 Å². The van der Waals surface area contributed by atoms with Crippen LogP contribution < -0.4 is 5.32 Å². The van der Waals surface area contributed by atoms with E-state index in [1.165, 1.54) is 10.9 Å². The average Bonchev–Trinajstić information content (AvgIpc) is 2.72. The van der Waals surface area contributed by atoms with Crippen LogP contribution in [0.15, 0.2) is 28.7 Å². The highest BCUT2D eigenvalue weighted by Crippen LogP contribution is 2.27. The summed E-state index contributed by atoms with van der Waals surface area (Å²) < 4.78 is 6.10. The van der Waals surface area contributed by atoms with Crippen molar-refractivity contribution in [2.45, 2.75) is 59.3 Å². The van der Waals surface area contributed by atoms with Crippen molar-refractivity contribution in [1.82, 2.24) is 10.2 Å². The summed E-state index contributed by atoms with van der Waals surface area (Å²) in [6.07, 6.45) is 0. The number of benzene rings is 1. The highest BCUT2D eigenvalue weighted by molar-refractivity contribution is 5.82. The smallest absolute Gasteiger partial charge is 0.134 e. The van der Waals surface area contributed by atoms with Crippen molar-refractivity contribution < 1.29 is 4.42 Å². The van der Waals surface area contributed by atoms with Crippen LogP contribution in [0.1, 0.15) is 45.9 Å². The quantitative estimate of drug-likeness (QED) is 0.895. The van der Waals surface area contributed by atoms with Crippen molar-refractivity contribution >= 4 is 11.0 Å². The third-order valence-corrected chi connectivity index (χ3v) is 3.85. The second-order valence-corrected chi connectivity index (χ2v) is 7.11. The van der Waals surface area contributed by atoms with E-state index < -0.39 is 0 Å². The monoisotopic (exact) mass is 288 g/mol. The third kappa shape index (κ3) is 4.08. The van der Waals surface area contributed by atoms with E-state index >= 15 is 0 Å². The molecule has 0 atom stereocenters. The molecule has 2 aromatic rings. The van der Waals surface area contributed by atoms with Crippen LogP contribution in [0.5, 0.6) is 0 Å². The molecule has 1 heterocycles. The molecule has 0 amide bonds. The van der Waals surface area contributed by atoms with E-state index in [2.05, 4.69) is 70.1 Å².